The molecule has 12 heteroatoms. The van der Waals surface area contributed by atoms with Crippen molar-refractivity contribution < 1.29 is 38.6 Å². The van der Waals surface area contributed by atoms with Gasteiger partial charge in [-0.3, -0.25) is 39.0 Å². The maximum Gasteiger partial charge on any atom is 0.305 e. The highest BCUT2D eigenvalue weighted by molar-refractivity contribution is 7.99. The second-order valence-electron chi connectivity index (χ2n) is 7.33. The molecular formula is C21H23N3O8S. The van der Waals surface area contributed by atoms with Crippen LogP contribution in [0.1, 0.15) is 46.4 Å². The number of aliphatic carboxylic acids is 1. The Morgan fingerprint density at radius 3 is 2.67 bits per heavy atom. The number of carboxylic acid groups (broad SMARTS) is 1. The Morgan fingerprint density at radius 1 is 1.15 bits per heavy atom. The summed E-state index contributed by atoms with van der Waals surface area (Å²) in [6, 6.07) is 3.88. The van der Waals surface area contributed by atoms with E-state index in [1.807, 2.05) is 0 Å². The first-order chi connectivity index (χ1) is 15.8. The molecule has 3 rings (SSSR count). The number of thioether (sulfide) groups is 1. The zero-order valence-corrected chi connectivity index (χ0v) is 18.4. The highest BCUT2D eigenvalue weighted by Crippen LogP contribution is 2.34. The van der Waals surface area contributed by atoms with Gasteiger partial charge in [0, 0.05) is 30.0 Å². The molecule has 0 aliphatic carbocycles. The number of benzene rings is 1. The van der Waals surface area contributed by atoms with Crippen LogP contribution in [0, 0.1) is 0 Å². The number of fused-ring (bicyclic) bond motifs is 1. The second-order valence-corrected chi connectivity index (χ2v) is 8.47. The van der Waals surface area contributed by atoms with Crippen molar-refractivity contribution in [2.24, 2.45) is 0 Å². The lowest BCUT2D eigenvalue weighted by Gasteiger charge is -2.27. The van der Waals surface area contributed by atoms with Crippen LogP contribution in [0.3, 0.4) is 0 Å². The van der Waals surface area contributed by atoms with Crippen LogP contribution in [0.4, 0.5) is 0 Å². The third-order valence-electron chi connectivity index (χ3n) is 5.05. The predicted octanol–water partition coefficient (Wildman–Crippen LogP) is 0.178. The minimum atomic E-state index is -1.02. The van der Waals surface area contributed by atoms with Crippen LogP contribution in [0.15, 0.2) is 23.1 Å². The molecule has 5 amide bonds. The Hall–Kier alpha value is -3.25. The fourth-order valence-corrected chi connectivity index (χ4v) is 4.42. The average molecular weight is 477 g/mol. The lowest BCUT2D eigenvalue weighted by Crippen LogP contribution is -2.54. The number of ether oxygens (including phenoxy) is 1. The van der Waals surface area contributed by atoms with E-state index in [1.165, 1.54) is 17.8 Å². The monoisotopic (exact) mass is 477 g/mol. The van der Waals surface area contributed by atoms with Gasteiger partial charge >= 0.3 is 5.97 Å². The Bertz CT molecular complexity index is 996. The highest BCUT2D eigenvalue weighted by atomic mass is 32.2. The topological polar surface area (TPSA) is 159 Å². The average Bonchev–Trinajstić information content (AvgIpc) is 3.01. The summed E-state index contributed by atoms with van der Waals surface area (Å²) in [6.45, 7) is 0.508. The molecular weight excluding hydrogens is 454 g/mol. The van der Waals surface area contributed by atoms with Crippen LogP contribution in [0.25, 0.3) is 0 Å². The molecule has 1 aromatic carbocycles. The van der Waals surface area contributed by atoms with Gasteiger partial charge in [0.25, 0.3) is 11.8 Å². The maximum absolute atomic E-state index is 13.0. The van der Waals surface area contributed by atoms with Crippen molar-refractivity contribution in [1.82, 2.24) is 15.5 Å². The number of rotatable bonds is 11. The van der Waals surface area contributed by atoms with Gasteiger partial charge in [0.2, 0.25) is 17.7 Å². The quantitative estimate of drug-likeness (QED) is 0.229. The summed E-state index contributed by atoms with van der Waals surface area (Å²) in [6.07, 6.45) is 0.0996. The second kappa shape index (κ2) is 11.1. The van der Waals surface area contributed by atoms with E-state index in [0.29, 0.717) is 10.6 Å². The van der Waals surface area contributed by atoms with Crippen LogP contribution < -0.4 is 10.6 Å². The largest absolute Gasteiger partial charge is 0.481 e. The van der Waals surface area contributed by atoms with Gasteiger partial charge in [-0.1, -0.05) is 6.07 Å². The van der Waals surface area contributed by atoms with E-state index >= 15 is 0 Å². The molecule has 1 unspecified atom stereocenters. The first kappa shape index (κ1) is 24.4. The first-order valence-corrected chi connectivity index (χ1v) is 11.3. The van der Waals surface area contributed by atoms with Crippen molar-refractivity contribution in [3.8, 4) is 0 Å². The third kappa shape index (κ3) is 5.96. The summed E-state index contributed by atoms with van der Waals surface area (Å²) >= 11 is 1.31. The molecule has 1 atom stereocenters. The third-order valence-corrected chi connectivity index (χ3v) is 6.07. The van der Waals surface area contributed by atoms with Gasteiger partial charge in [0.15, 0.2) is 0 Å². The SMILES string of the molecule is O=C(O)CCNC(=O)CCOCCSc1cccc2c1C(=O)N(C1CCC(=O)NC1=O)C2=O. The van der Waals surface area contributed by atoms with Gasteiger partial charge in [0.05, 0.1) is 30.8 Å². The zero-order chi connectivity index (χ0) is 24.0. The molecule has 1 aromatic rings. The molecule has 176 valence electrons. The van der Waals surface area contributed by atoms with E-state index in [0.717, 1.165) is 4.90 Å². The van der Waals surface area contributed by atoms with Gasteiger partial charge < -0.3 is 15.2 Å². The molecule has 2 aliphatic heterocycles. The molecule has 1 fully saturated rings. The van der Waals surface area contributed by atoms with Crippen molar-refractivity contribution in [2.45, 2.75) is 36.6 Å². The molecule has 2 heterocycles. The van der Waals surface area contributed by atoms with E-state index in [4.69, 9.17) is 9.84 Å². The van der Waals surface area contributed by atoms with Crippen molar-refractivity contribution in [1.29, 1.82) is 0 Å². The number of nitrogens with zero attached hydrogens (tertiary/aromatic N) is 1. The molecule has 33 heavy (non-hydrogen) atoms. The van der Waals surface area contributed by atoms with Crippen LogP contribution in [-0.4, -0.2) is 77.1 Å². The molecule has 0 aromatic heterocycles. The van der Waals surface area contributed by atoms with E-state index in [1.54, 1.807) is 12.1 Å². The summed E-state index contributed by atoms with van der Waals surface area (Å²) in [5, 5.41) is 13.2. The van der Waals surface area contributed by atoms with Gasteiger partial charge in [-0.05, 0) is 18.6 Å². The summed E-state index contributed by atoms with van der Waals surface area (Å²) < 4.78 is 5.42. The number of nitrogens with one attached hydrogen (secondary N) is 2. The number of hydrogen-bond acceptors (Lipinski definition) is 8. The molecule has 2 aliphatic rings. The minimum Gasteiger partial charge on any atom is -0.481 e. The normalized spacial score (nSPS) is 17.7. The number of hydrogen-bond donors (Lipinski definition) is 3. The number of carbonyl (C=O) groups excluding carboxylic acids is 5. The van der Waals surface area contributed by atoms with Crippen molar-refractivity contribution in [2.75, 3.05) is 25.5 Å². The van der Waals surface area contributed by atoms with Crippen molar-refractivity contribution >= 4 is 47.3 Å². The van der Waals surface area contributed by atoms with Crippen molar-refractivity contribution in [3.63, 3.8) is 0 Å². The first-order valence-electron chi connectivity index (χ1n) is 10.3. The predicted molar refractivity (Wildman–Crippen MR) is 115 cm³/mol. The number of carboxylic acids is 1. The van der Waals surface area contributed by atoms with Gasteiger partial charge in [-0.15, -0.1) is 11.8 Å². The van der Waals surface area contributed by atoms with Crippen LogP contribution >= 0.6 is 11.8 Å². The van der Waals surface area contributed by atoms with E-state index in [-0.39, 0.29) is 62.5 Å². The number of amides is 5. The molecule has 3 N–H and O–H groups in total. The van der Waals surface area contributed by atoms with E-state index < -0.39 is 35.6 Å². The van der Waals surface area contributed by atoms with E-state index in [9.17, 15) is 28.8 Å². The summed E-state index contributed by atoms with van der Waals surface area (Å²) in [5.41, 5.74) is 0.448. The number of piperidine rings is 1. The van der Waals surface area contributed by atoms with Gasteiger partial charge in [0.1, 0.15) is 6.04 Å². The zero-order valence-electron chi connectivity index (χ0n) is 17.6. The molecule has 11 nitrogen and oxygen atoms in total. The van der Waals surface area contributed by atoms with Crippen LogP contribution in [0.2, 0.25) is 0 Å². The fraction of sp³-hybridized carbons (Fsp3) is 0.429. The smallest absolute Gasteiger partial charge is 0.305 e. The Balaban J connectivity index is 1.50. The van der Waals surface area contributed by atoms with Crippen LogP contribution in [-0.2, 0) is 23.9 Å². The maximum atomic E-state index is 13.0. The Morgan fingerprint density at radius 2 is 1.94 bits per heavy atom. The molecule has 0 radical (unpaired) electrons. The lowest BCUT2D eigenvalue weighted by atomic mass is 10.0. The van der Waals surface area contributed by atoms with Crippen LogP contribution in [0.5, 0.6) is 0 Å². The molecule has 1 saturated heterocycles. The summed E-state index contributed by atoms with van der Waals surface area (Å²) in [7, 11) is 0. The Kier molecular flexibility index (Phi) is 8.17. The molecule has 0 spiro atoms. The van der Waals surface area contributed by atoms with Crippen molar-refractivity contribution in [3.05, 3.63) is 29.3 Å². The van der Waals surface area contributed by atoms with Gasteiger partial charge in [-0.25, -0.2) is 0 Å². The molecule has 0 bridgehead atoms. The van der Waals surface area contributed by atoms with Gasteiger partial charge in [-0.2, -0.15) is 0 Å². The fourth-order valence-electron chi connectivity index (χ4n) is 3.48. The lowest BCUT2D eigenvalue weighted by molar-refractivity contribution is -0.138. The highest BCUT2D eigenvalue weighted by Gasteiger charge is 2.45. The molecule has 0 saturated carbocycles. The number of imide groups is 2. The number of carbonyl (C=O) groups is 6. The minimum absolute atomic E-state index is 0.0559. The van der Waals surface area contributed by atoms with E-state index in [2.05, 4.69) is 10.6 Å². The summed E-state index contributed by atoms with van der Waals surface area (Å²) in [4.78, 5) is 72.9. The standard InChI is InChI=1S/C21H23N3O8S/c25-15(22-8-6-17(27)28)7-9-32-10-11-33-14-3-1-2-12-18(14)21(31)24(20(12)30)13-4-5-16(26)23-19(13)29/h1-3,13H,4-11H2,(H,22,25)(H,27,28)(H,23,26,29). The Labute approximate surface area is 193 Å². The summed E-state index contributed by atoms with van der Waals surface area (Å²) in [5.74, 6) is -3.04.